The summed E-state index contributed by atoms with van der Waals surface area (Å²) in [6.07, 6.45) is 6.41. The summed E-state index contributed by atoms with van der Waals surface area (Å²) in [5.74, 6) is 0.217. The SMILES string of the molecule is CC(=O)/C=C/[C@@]1(O)[C@@H](C)CCCC1(C)C. The van der Waals surface area contributed by atoms with Gasteiger partial charge >= 0.3 is 0 Å². The van der Waals surface area contributed by atoms with Crippen molar-refractivity contribution in [1.29, 1.82) is 0 Å². The van der Waals surface area contributed by atoms with Crippen LogP contribution in [0.25, 0.3) is 0 Å². The summed E-state index contributed by atoms with van der Waals surface area (Å²) in [5.41, 5.74) is -0.979. The van der Waals surface area contributed by atoms with Crippen LogP contribution in [0.5, 0.6) is 0 Å². The molecule has 0 radical (unpaired) electrons. The van der Waals surface area contributed by atoms with E-state index >= 15 is 0 Å². The van der Waals surface area contributed by atoms with E-state index in [-0.39, 0.29) is 17.1 Å². The van der Waals surface area contributed by atoms with Gasteiger partial charge in [0.25, 0.3) is 0 Å². The highest BCUT2D eigenvalue weighted by Gasteiger charge is 2.47. The third-order valence-corrected chi connectivity index (χ3v) is 3.85. The zero-order chi connectivity index (χ0) is 11.7. The molecule has 2 atom stereocenters. The van der Waals surface area contributed by atoms with Crippen LogP contribution in [0.4, 0.5) is 0 Å². The highest BCUT2D eigenvalue weighted by molar-refractivity contribution is 5.87. The number of rotatable bonds is 2. The molecule has 0 bridgehead atoms. The number of hydrogen-bond acceptors (Lipinski definition) is 2. The summed E-state index contributed by atoms with van der Waals surface area (Å²) >= 11 is 0. The Morgan fingerprint density at radius 1 is 1.47 bits per heavy atom. The lowest BCUT2D eigenvalue weighted by molar-refractivity contribution is -0.113. The van der Waals surface area contributed by atoms with Crippen molar-refractivity contribution < 1.29 is 9.90 Å². The predicted octanol–water partition coefficient (Wildman–Crippen LogP) is 2.71. The second-order valence-electron chi connectivity index (χ2n) is 5.45. The molecule has 1 aliphatic carbocycles. The molecule has 0 aromatic heterocycles. The molecule has 1 aliphatic rings. The third-order valence-electron chi connectivity index (χ3n) is 3.85. The van der Waals surface area contributed by atoms with Gasteiger partial charge in [-0.15, -0.1) is 0 Å². The Balaban J connectivity index is 2.98. The first-order valence-electron chi connectivity index (χ1n) is 5.72. The van der Waals surface area contributed by atoms with E-state index in [2.05, 4.69) is 20.8 Å². The number of allylic oxidation sites excluding steroid dienone is 1. The maximum absolute atomic E-state index is 10.9. The van der Waals surface area contributed by atoms with Gasteiger partial charge in [-0.25, -0.2) is 0 Å². The molecule has 86 valence electrons. The van der Waals surface area contributed by atoms with Crippen molar-refractivity contribution in [2.75, 3.05) is 0 Å². The Hall–Kier alpha value is -0.630. The Morgan fingerprint density at radius 3 is 2.53 bits per heavy atom. The summed E-state index contributed by atoms with van der Waals surface area (Å²) in [7, 11) is 0. The van der Waals surface area contributed by atoms with Gasteiger partial charge in [0.1, 0.15) is 0 Å². The van der Waals surface area contributed by atoms with Crippen molar-refractivity contribution in [2.24, 2.45) is 11.3 Å². The van der Waals surface area contributed by atoms with Crippen molar-refractivity contribution in [1.82, 2.24) is 0 Å². The lowest BCUT2D eigenvalue weighted by atomic mass is 9.60. The maximum atomic E-state index is 10.9. The molecule has 0 amide bonds. The first-order valence-corrected chi connectivity index (χ1v) is 5.72. The van der Waals surface area contributed by atoms with E-state index in [1.807, 2.05) is 0 Å². The Labute approximate surface area is 92.4 Å². The van der Waals surface area contributed by atoms with Crippen LogP contribution in [0.2, 0.25) is 0 Å². The molecule has 0 aliphatic heterocycles. The minimum Gasteiger partial charge on any atom is -0.385 e. The normalized spacial score (nSPS) is 35.7. The molecule has 1 saturated carbocycles. The maximum Gasteiger partial charge on any atom is 0.152 e. The van der Waals surface area contributed by atoms with Crippen molar-refractivity contribution in [3.63, 3.8) is 0 Å². The lowest BCUT2D eigenvalue weighted by Gasteiger charge is -2.49. The second-order valence-corrected chi connectivity index (χ2v) is 5.45. The monoisotopic (exact) mass is 210 g/mol. The van der Waals surface area contributed by atoms with Crippen LogP contribution in [0, 0.1) is 11.3 Å². The van der Waals surface area contributed by atoms with E-state index in [1.54, 1.807) is 6.08 Å². The molecule has 0 spiro atoms. The molecule has 0 aromatic carbocycles. The first kappa shape index (κ1) is 12.4. The number of carbonyl (C=O) groups is 1. The highest BCUT2D eigenvalue weighted by Crippen LogP contribution is 2.47. The van der Waals surface area contributed by atoms with Crippen molar-refractivity contribution in [3.05, 3.63) is 12.2 Å². The number of carbonyl (C=O) groups excluding carboxylic acids is 1. The number of aliphatic hydroxyl groups is 1. The van der Waals surface area contributed by atoms with Gasteiger partial charge in [-0.05, 0) is 43.3 Å². The second kappa shape index (κ2) is 4.09. The smallest absolute Gasteiger partial charge is 0.152 e. The van der Waals surface area contributed by atoms with Crippen LogP contribution in [0.3, 0.4) is 0 Å². The largest absolute Gasteiger partial charge is 0.385 e. The average Bonchev–Trinajstić information content (AvgIpc) is 2.11. The van der Waals surface area contributed by atoms with E-state index in [0.717, 1.165) is 19.3 Å². The fourth-order valence-electron chi connectivity index (χ4n) is 2.57. The Kier molecular flexibility index (Phi) is 3.39. The van der Waals surface area contributed by atoms with Crippen LogP contribution >= 0.6 is 0 Å². The minimum absolute atomic E-state index is 0.00278. The summed E-state index contributed by atoms with van der Waals surface area (Å²) in [4.78, 5) is 10.9. The van der Waals surface area contributed by atoms with Crippen LogP contribution in [-0.2, 0) is 4.79 Å². The summed E-state index contributed by atoms with van der Waals surface area (Å²) in [6.45, 7) is 7.73. The van der Waals surface area contributed by atoms with Crippen LogP contribution in [-0.4, -0.2) is 16.5 Å². The van der Waals surface area contributed by atoms with E-state index < -0.39 is 5.60 Å². The van der Waals surface area contributed by atoms with Gasteiger partial charge in [0.2, 0.25) is 0 Å². The topological polar surface area (TPSA) is 37.3 Å². The highest BCUT2D eigenvalue weighted by atomic mass is 16.3. The van der Waals surface area contributed by atoms with Crippen LogP contribution in [0.1, 0.15) is 47.0 Å². The number of hydrogen-bond donors (Lipinski definition) is 1. The summed E-state index contributed by atoms with van der Waals surface area (Å²) < 4.78 is 0. The molecular formula is C13H22O2. The van der Waals surface area contributed by atoms with E-state index in [9.17, 15) is 9.90 Å². The van der Waals surface area contributed by atoms with E-state index in [1.165, 1.54) is 13.0 Å². The lowest BCUT2D eigenvalue weighted by Crippen LogP contribution is -2.51. The van der Waals surface area contributed by atoms with Crippen molar-refractivity contribution in [2.45, 2.75) is 52.6 Å². The summed E-state index contributed by atoms with van der Waals surface area (Å²) in [5, 5.41) is 10.7. The van der Waals surface area contributed by atoms with Gasteiger partial charge in [-0.1, -0.05) is 27.2 Å². The van der Waals surface area contributed by atoms with Gasteiger partial charge < -0.3 is 5.11 Å². The quantitative estimate of drug-likeness (QED) is 0.711. The van der Waals surface area contributed by atoms with Crippen LogP contribution < -0.4 is 0 Å². The van der Waals surface area contributed by atoms with Crippen LogP contribution in [0.15, 0.2) is 12.2 Å². The average molecular weight is 210 g/mol. The predicted molar refractivity (Wildman–Crippen MR) is 61.6 cm³/mol. The van der Waals surface area contributed by atoms with Gasteiger partial charge in [0.15, 0.2) is 5.78 Å². The zero-order valence-electron chi connectivity index (χ0n) is 10.2. The molecule has 0 unspecified atom stereocenters. The van der Waals surface area contributed by atoms with Gasteiger partial charge in [0, 0.05) is 0 Å². The van der Waals surface area contributed by atoms with Crippen molar-refractivity contribution >= 4 is 5.78 Å². The molecule has 0 aromatic rings. The minimum atomic E-state index is -0.836. The van der Waals surface area contributed by atoms with Gasteiger partial charge in [-0.3, -0.25) is 4.79 Å². The van der Waals surface area contributed by atoms with Gasteiger partial charge in [0.05, 0.1) is 5.60 Å². The Morgan fingerprint density at radius 2 is 2.07 bits per heavy atom. The fourth-order valence-corrected chi connectivity index (χ4v) is 2.57. The molecule has 1 rings (SSSR count). The van der Waals surface area contributed by atoms with Crippen molar-refractivity contribution in [3.8, 4) is 0 Å². The first-order chi connectivity index (χ1) is 6.79. The third kappa shape index (κ3) is 2.31. The molecule has 0 saturated heterocycles. The number of ketones is 1. The molecule has 2 heteroatoms. The standard InChI is InChI=1S/C13H22O2/c1-10-6-5-8-12(3,4)13(10,15)9-7-11(2)14/h7,9-10,15H,5-6,8H2,1-4H3/b9-7+/t10-,13+/m0/s1. The fraction of sp³-hybridized carbons (Fsp3) is 0.769. The van der Waals surface area contributed by atoms with E-state index in [4.69, 9.17) is 0 Å². The van der Waals surface area contributed by atoms with Gasteiger partial charge in [-0.2, -0.15) is 0 Å². The summed E-state index contributed by atoms with van der Waals surface area (Å²) in [6, 6.07) is 0. The molecule has 0 heterocycles. The molecule has 1 fully saturated rings. The molecule has 2 nitrogen and oxygen atoms in total. The molecule has 15 heavy (non-hydrogen) atoms. The Bertz CT molecular complexity index is 278. The zero-order valence-corrected chi connectivity index (χ0v) is 10.2. The van der Waals surface area contributed by atoms with E-state index in [0.29, 0.717) is 0 Å². The molecular weight excluding hydrogens is 188 g/mol. The molecule has 1 N–H and O–H groups in total.